The van der Waals surface area contributed by atoms with Gasteiger partial charge in [-0.2, -0.15) is 5.10 Å². The van der Waals surface area contributed by atoms with Crippen LogP contribution in [0.2, 0.25) is 0 Å². The van der Waals surface area contributed by atoms with Crippen LogP contribution in [-0.4, -0.2) is 21.2 Å². The Morgan fingerprint density at radius 3 is 2.80 bits per heavy atom. The number of hydrogen-bond donors (Lipinski definition) is 1. The van der Waals surface area contributed by atoms with Crippen molar-refractivity contribution < 1.29 is 9.66 Å². The van der Waals surface area contributed by atoms with Crippen molar-refractivity contribution in [2.75, 3.05) is 11.9 Å². The van der Waals surface area contributed by atoms with E-state index in [1.807, 2.05) is 13.8 Å². The molecule has 0 saturated heterocycles. The molecule has 2 rings (SSSR count). The van der Waals surface area contributed by atoms with Crippen molar-refractivity contribution in [3.63, 3.8) is 0 Å². The van der Waals surface area contributed by atoms with Gasteiger partial charge in [0, 0.05) is 19.7 Å². The number of benzene rings is 1. The highest BCUT2D eigenvalue weighted by atomic mass is 16.6. The van der Waals surface area contributed by atoms with Crippen LogP contribution in [0.3, 0.4) is 0 Å². The zero-order valence-electron chi connectivity index (χ0n) is 11.6. The number of aryl methyl sites for hydroxylation is 2. The molecule has 0 atom stereocenters. The van der Waals surface area contributed by atoms with Crippen molar-refractivity contribution >= 4 is 11.4 Å². The summed E-state index contributed by atoms with van der Waals surface area (Å²) in [7, 11) is 1.72. The predicted octanol–water partition coefficient (Wildman–Crippen LogP) is 2.86. The minimum absolute atomic E-state index is 0.0757. The number of nitrogens with one attached hydrogen (secondary N) is 1. The Hall–Kier alpha value is -2.57. The van der Waals surface area contributed by atoms with Gasteiger partial charge in [0.15, 0.2) is 0 Å². The second-order valence-electron chi connectivity index (χ2n) is 4.29. The Morgan fingerprint density at radius 1 is 1.50 bits per heavy atom. The molecule has 0 unspecified atom stereocenters. The maximum absolute atomic E-state index is 11.3. The van der Waals surface area contributed by atoms with E-state index in [4.69, 9.17) is 4.74 Å². The summed E-state index contributed by atoms with van der Waals surface area (Å²) in [5.74, 6) is 0.649. The average Bonchev–Trinajstić information content (AvgIpc) is 2.68. The molecule has 0 spiro atoms. The first-order valence-corrected chi connectivity index (χ1v) is 6.22. The molecule has 0 bridgehead atoms. The predicted molar refractivity (Wildman–Crippen MR) is 75.3 cm³/mol. The average molecular weight is 276 g/mol. The van der Waals surface area contributed by atoms with E-state index in [1.54, 1.807) is 36.0 Å². The lowest BCUT2D eigenvalue weighted by Crippen LogP contribution is -2.03. The number of aromatic nitrogens is 2. The lowest BCUT2D eigenvalue weighted by molar-refractivity contribution is -0.384. The molecule has 0 fully saturated rings. The van der Waals surface area contributed by atoms with Crippen LogP contribution in [0.4, 0.5) is 11.4 Å². The minimum Gasteiger partial charge on any atom is -0.432 e. The monoisotopic (exact) mass is 276 g/mol. The Bertz CT molecular complexity index is 637. The summed E-state index contributed by atoms with van der Waals surface area (Å²) in [5, 5.41) is 18.4. The molecule has 1 heterocycles. The van der Waals surface area contributed by atoms with Crippen LogP contribution in [0.25, 0.3) is 0 Å². The molecule has 2 aromatic rings. The Balaban J connectivity index is 2.43. The number of para-hydroxylation sites is 1. The normalized spacial score (nSPS) is 10.3. The van der Waals surface area contributed by atoms with Gasteiger partial charge in [-0.15, -0.1) is 0 Å². The quantitative estimate of drug-likeness (QED) is 0.670. The van der Waals surface area contributed by atoms with Gasteiger partial charge in [0.2, 0.25) is 11.6 Å². The third-order valence-corrected chi connectivity index (χ3v) is 2.72. The highest BCUT2D eigenvalue weighted by molar-refractivity contribution is 5.68. The van der Waals surface area contributed by atoms with Gasteiger partial charge < -0.3 is 10.1 Å². The van der Waals surface area contributed by atoms with Crippen molar-refractivity contribution in [3.05, 3.63) is 40.1 Å². The van der Waals surface area contributed by atoms with E-state index in [0.717, 1.165) is 5.69 Å². The van der Waals surface area contributed by atoms with Crippen LogP contribution in [0.15, 0.2) is 24.3 Å². The van der Waals surface area contributed by atoms with Crippen LogP contribution >= 0.6 is 0 Å². The molecule has 0 saturated carbocycles. The van der Waals surface area contributed by atoms with Crippen LogP contribution in [0.5, 0.6) is 11.6 Å². The van der Waals surface area contributed by atoms with Crippen LogP contribution in [0, 0.1) is 17.0 Å². The molecule has 106 valence electrons. The largest absolute Gasteiger partial charge is 0.432 e. The second-order valence-corrected chi connectivity index (χ2v) is 4.29. The molecule has 20 heavy (non-hydrogen) atoms. The third kappa shape index (κ3) is 2.71. The Labute approximate surface area is 116 Å². The number of hydrogen-bond acceptors (Lipinski definition) is 5. The van der Waals surface area contributed by atoms with E-state index >= 15 is 0 Å². The summed E-state index contributed by atoms with van der Waals surface area (Å²) in [4.78, 5) is 10.8. The highest BCUT2D eigenvalue weighted by Gasteiger charge is 2.22. The fourth-order valence-corrected chi connectivity index (χ4v) is 1.92. The topological polar surface area (TPSA) is 82.2 Å². The van der Waals surface area contributed by atoms with Gasteiger partial charge in [-0.1, -0.05) is 6.07 Å². The molecule has 7 nitrogen and oxygen atoms in total. The number of rotatable bonds is 5. The fourth-order valence-electron chi connectivity index (χ4n) is 1.92. The van der Waals surface area contributed by atoms with Crippen molar-refractivity contribution in [2.45, 2.75) is 13.8 Å². The van der Waals surface area contributed by atoms with Crippen LogP contribution in [0.1, 0.15) is 12.6 Å². The summed E-state index contributed by atoms with van der Waals surface area (Å²) in [6.07, 6.45) is 0. The van der Waals surface area contributed by atoms with E-state index in [1.165, 1.54) is 0 Å². The van der Waals surface area contributed by atoms with Crippen molar-refractivity contribution in [1.29, 1.82) is 0 Å². The number of nitrogens with zero attached hydrogens (tertiary/aromatic N) is 3. The molecule has 0 aliphatic heterocycles. The first-order chi connectivity index (χ1) is 9.52. The van der Waals surface area contributed by atoms with Crippen molar-refractivity contribution in [1.82, 2.24) is 9.78 Å². The Kier molecular flexibility index (Phi) is 3.88. The molecule has 0 amide bonds. The maximum atomic E-state index is 11.3. The van der Waals surface area contributed by atoms with Gasteiger partial charge in [-0.05, 0) is 26.0 Å². The van der Waals surface area contributed by atoms with E-state index in [-0.39, 0.29) is 11.4 Å². The number of anilines is 1. The van der Waals surface area contributed by atoms with Gasteiger partial charge in [-0.3, -0.25) is 10.1 Å². The molecule has 1 N–H and O–H groups in total. The second kappa shape index (κ2) is 5.60. The van der Waals surface area contributed by atoms with Crippen molar-refractivity contribution in [3.8, 4) is 11.6 Å². The smallest absolute Gasteiger partial charge is 0.334 e. The Morgan fingerprint density at radius 2 is 2.25 bits per heavy atom. The number of nitro groups is 1. The standard InChI is InChI=1S/C13H16N4O3/c1-4-14-10-6-5-7-11(13(10)17(18)19)20-12-8-9(2)15-16(12)3/h5-8,14H,4H2,1-3H3. The lowest BCUT2D eigenvalue weighted by atomic mass is 10.2. The summed E-state index contributed by atoms with van der Waals surface area (Å²) in [5.41, 5.74) is 1.15. The zero-order chi connectivity index (χ0) is 14.7. The SMILES string of the molecule is CCNc1cccc(Oc2cc(C)nn2C)c1[N+](=O)[O-]. The summed E-state index contributed by atoms with van der Waals surface area (Å²) >= 11 is 0. The van der Waals surface area contributed by atoms with Gasteiger partial charge in [-0.25, -0.2) is 4.68 Å². The van der Waals surface area contributed by atoms with E-state index in [0.29, 0.717) is 18.1 Å². The van der Waals surface area contributed by atoms with Gasteiger partial charge in [0.05, 0.1) is 10.6 Å². The zero-order valence-corrected chi connectivity index (χ0v) is 11.6. The molecular formula is C13H16N4O3. The first-order valence-electron chi connectivity index (χ1n) is 6.22. The van der Waals surface area contributed by atoms with Gasteiger partial charge in [0.25, 0.3) is 0 Å². The molecule has 1 aromatic heterocycles. The molecule has 0 radical (unpaired) electrons. The van der Waals surface area contributed by atoms with Crippen molar-refractivity contribution in [2.24, 2.45) is 7.05 Å². The molecule has 0 aliphatic carbocycles. The first kappa shape index (κ1) is 13.9. The lowest BCUT2D eigenvalue weighted by Gasteiger charge is -2.09. The summed E-state index contributed by atoms with van der Waals surface area (Å²) < 4.78 is 7.17. The molecule has 1 aromatic carbocycles. The summed E-state index contributed by atoms with van der Waals surface area (Å²) in [6.45, 7) is 4.30. The molecule has 0 aliphatic rings. The number of ether oxygens (including phenoxy) is 1. The minimum atomic E-state index is -0.448. The number of nitro benzene ring substituents is 1. The molecular weight excluding hydrogens is 260 g/mol. The van der Waals surface area contributed by atoms with Gasteiger partial charge in [0.1, 0.15) is 5.69 Å². The van der Waals surface area contributed by atoms with Gasteiger partial charge >= 0.3 is 5.69 Å². The van der Waals surface area contributed by atoms with Crippen LogP contribution in [-0.2, 0) is 7.05 Å². The fraction of sp³-hybridized carbons (Fsp3) is 0.308. The highest BCUT2D eigenvalue weighted by Crippen LogP contribution is 2.37. The van der Waals surface area contributed by atoms with E-state index in [2.05, 4.69) is 10.4 Å². The van der Waals surface area contributed by atoms with Crippen LogP contribution < -0.4 is 10.1 Å². The summed E-state index contributed by atoms with van der Waals surface area (Å²) in [6, 6.07) is 6.66. The molecule has 7 heteroatoms. The van der Waals surface area contributed by atoms with E-state index < -0.39 is 4.92 Å². The van der Waals surface area contributed by atoms with E-state index in [9.17, 15) is 10.1 Å². The third-order valence-electron chi connectivity index (χ3n) is 2.72. The maximum Gasteiger partial charge on any atom is 0.334 e.